The Hall–Kier alpha value is -0.850. The molecule has 2 aliphatic rings. The number of hydrogen-bond acceptors (Lipinski definition) is 1. The van der Waals surface area contributed by atoms with Gasteiger partial charge in [-0.05, 0) is 12.0 Å². The monoisotopic (exact) mass is 148 g/mol. The molecule has 0 aromatic rings. The van der Waals surface area contributed by atoms with Crippen LogP contribution >= 0.6 is 0 Å². The standard InChI is InChI=1S/C10H12O/c1-7(2)10-5-3-8(10)9(11)4-6-10/h3-8H,1-2H3/t8-,10+/m0/s1. The SMILES string of the molecule is CC(C)[C@@]12C=CC(=O)[C@@H]1C=C2. The van der Waals surface area contributed by atoms with Crippen LogP contribution in [0.4, 0.5) is 0 Å². The van der Waals surface area contributed by atoms with Gasteiger partial charge in [0.1, 0.15) is 0 Å². The number of rotatable bonds is 1. The van der Waals surface area contributed by atoms with Crippen molar-refractivity contribution in [3.63, 3.8) is 0 Å². The Bertz CT molecular complexity index is 260. The molecule has 0 unspecified atom stereocenters. The van der Waals surface area contributed by atoms with Crippen molar-refractivity contribution < 1.29 is 4.79 Å². The first-order valence-corrected chi connectivity index (χ1v) is 4.09. The van der Waals surface area contributed by atoms with Gasteiger partial charge in [-0.2, -0.15) is 0 Å². The summed E-state index contributed by atoms with van der Waals surface area (Å²) in [5, 5.41) is 0. The van der Waals surface area contributed by atoms with Crippen LogP contribution in [-0.4, -0.2) is 5.78 Å². The molecule has 2 aliphatic carbocycles. The van der Waals surface area contributed by atoms with E-state index in [1.165, 1.54) is 0 Å². The van der Waals surface area contributed by atoms with Crippen molar-refractivity contribution in [2.75, 3.05) is 0 Å². The van der Waals surface area contributed by atoms with E-state index in [4.69, 9.17) is 0 Å². The van der Waals surface area contributed by atoms with Gasteiger partial charge in [0.2, 0.25) is 0 Å². The first-order valence-electron chi connectivity index (χ1n) is 4.09. The summed E-state index contributed by atoms with van der Waals surface area (Å²) in [6, 6.07) is 0. The van der Waals surface area contributed by atoms with Gasteiger partial charge in [0, 0.05) is 5.41 Å². The van der Waals surface area contributed by atoms with Crippen molar-refractivity contribution in [2.45, 2.75) is 13.8 Å². The lowest BCUT2D eigenvalue weighted by Gasteiger charge is -2.39. The summed E-state index contributed by atoms with van der Waals surface area (Å²) in [5.74, 6) is 0.990. The second-order valence-electron chi connectivity index (χ2n) is 3.73. The molecule has 0 aliphatic heterocycles. The number of carbonyl (C=O) groups is 1. The summed E-state index contributed by atoms with van der Waals surface area (Å²) in [7, 11) is 0. The van der Waals surface area contributed by atoms with Crippen LogP contribution in [0.3, 0.4) is 0 Å². The smallest absolute Gasteiger partial charge is 0.163 e. The summed E-state index contributed by atoms with van der Waals surface area (Å²) in [6.07, 6.45) is 7.96. The van der Waals surface area contributed by atoms with Crippen molar-refractivity contribution in [1.82, 2.24) is 0 Å². The molecule has 0 saturated heterocycles. The largest absolute Gasteiger partial charge is 0.294 e. The molecule has 0 N–H and O–H groups in total. The third-order valence-corrected chi connectivity index (χ3v) is 2.96. The first-order chi connectivity index (χ1) is 5.17. The second kappa shape index (κ2) is 1.84. The second-order valence-corrected chi connectivity index (χ2v) is 3.73. The van der Waals surface area contributed by atoms with Crippen LogP contribution < -0.4 is 0 Å². The molecule has 0 aromatic carbocycles. The Kier molecular flexibility index (Phi) is 1.15. The Morgan fingerprint density at radius 3 is 2.45 bits per heavy atom. The molecule has 0 radical (unpaired) electrons. The average Bonchev–Trinajstić information content (AvgIpc) is 2.04. The van der Waals surface area contributed by atoms with Crippen molar-refractivity contribution in [3.8, 4) is 0 Å². The van der Waals surface area contributed by atoms with Gasteiger partial charge in [-0.15, -0.1) is 0 Å². The van der Waals surface area contributed by atoms with E-state index in [0.29, 0.717) is 5.92 Å². The third-order valence-electron chi connectivity index (χ3n) is 2.96. The fourth-order valence-electron chi connectivity index (χ4n) is 1.99. The van der Waals surface area contributed by atoms with Crippen LogP contribution in [0.25, 0.3) is 0 Å². The minimum absolute atomic E-state index is 0.0943. The van der Waals surface area contributed by atoms with Crippen molar-refractivity contribution in [2.24, 2.45) is 17.3 Å². The number of fused-ring (bicyclic) bond motifs is 1. The number of ketones is 1. The zero-order chi connectivity index (χ0) is 8.06. The molecule has 2 atom stereocenters. The molecule has 0 saturated carbocycles. The molecule has 0 aromatic heterocycles. The fraction of sp³-hybridized carbons (Fsp3) is 0.500. The third kappa shape index (κ3) is 0.635. The van der Waals surface area contributed by atoms with E-state index >= 15 is 0 Å². The number of hydrogen-bond donors (Lipinski definition) is 0. The molecular weight excluding hydrogens is 136 g/mol. The van der Waals surface area contributed by atoms with Crippen LogP contribution in [0.15, 0.2) is 24.3 Å². The van der Waals surface area contributed by atoms with Gasteiger partial charge >= 0.3 is 0 Å². The van der Waals surface area contributed by atoms with Gasteiger partial charge in [-0.1, -0.05) is 32.1 Å². The summed E-state index contributed by atoms with van der Waals surface area (Å²) >= 11 is 0. The molecule has 11 heavy (non-hydrogen) atoms. The van der Waals surface area contributed by atoms with E-state index in [-0.39, 0.29) is 17.1 Å². The minimum atomic E-state index is 0.0943. The number of carbonyl (C=O) groups excluding carboxylic acids is 1. The molecule has 2 rings (SSSR count). The maximum atomic E-state index is 11.2. The van der Waals surface area contributed by atoms with E-state index in [9.17, 15) is 4.79 Å². The van der Waals surface area contributed by atoms with Crippen molar-refractivity contribution >= 4 is 5.78 Å². The Morgan fingerprint density at radius 1 is 1.45 bits per heavy atom. The molecule has 0 bridgehead atoms. The van der Waals surface area contributed by atoms with Gasteiger partial charge in [-0.25, -0.2) is 0 Å². The molecule has 58 valence electrons. The molecule has 1 heteroatoms. The fourth-order valence-corrected chi connectivity index (χ4v) is 1.99. The summed E-state index contributed by atoms with van der Waals surface area (Å²) in [5.41, 5.74) is 0.0943. The van der Waals surface area contributed by atoms with E-state index in [1.807, 2.05) is 6.08 Å². The highest BCUT2D eigenvalue weighted by Crippen LogP contribution is 2.50. The normalized spacial score (nSPS) is 39.5. The van der Waals surface area contributed by atoms with E-state index in [2.05, 4.69) is 26.0 Å². The molecule has 0 spiro atoms. The van der Waals surface area contributed by atoms with Crippen molar-refractivity contribution in [3.05, 3.63) is 24.3 Å². The summed E-state index contributed by atoms with van der Waals surface area (Å²) in [4.78, 5) is 11.2. The number of allylic oxidation sites excluding steroid dienone is 4. The Balaban J connectivity index is 2.38. The molecular formula is C10H12O. The average molecular weight is 148 g/mol. The van der Waals surface area contributed by atoms with Crippen molar-refractivity contribution in [1.29, 1.82) is 0 Å². The predicted octanol–water partition coefficient (Wildman–Crippen LogP) is 1.95. The van der Waals surface area contributed by atoms with Crippen LogP contribution in [0.5, 0.6) is 0 Å². The molecule has 0 amide bonds. The van der Waals surface area contributed by atoms with Gasteiger partial charge in [-0.3, -0.25) is 4.79 Å². The van der Waals surface area contributed by atoms with Crippen LogP contribution in [-0.2, 0) is 4.79 Å². The Morgan fingerprint density at radius 2 is 2.18 bits per heavy atom. The molecule has 0 heterocycles. The van der Waals surface area contributed by atoms with Crippen LogP contribution in [0.1, 0.15) is 13.8 Å². The Labute approximate surface area is 66.8 Å². The van der Waals surface area contributed by atoms with E-state index in [1.54, 1.807) is 6.08 Å². The molecule has 1 nitrogen and oxygen atoms in total. The summed E-state index contributed by atoms with van der Waals surface area (Å²) < 4.78 is 0. The van der Waals surface area contributed by atoms with Gasteiger partial charge in [0.15, 0.2) is 5.78 Å². The maximum Gasteiger partial charge on any atom is 0.163 e. The highest BCUT2D eigenvalue weighted by Gasteiger charge is 2.48. The topological polar surface area (TPSA) is 17.1 Å². The molecule has 0 fully saturated rings. The lowest BCUT2D eigenvalue weighted by atomic mass is 9.63. The van der Waals surface area contributed by atoms with Gasteiger partial charge < -0.3 is 0 Å². The van der Waals surface area contributed by atoms with E-state index < -0.39 is 0 Å². The van der Waals surface area contributed by atoms with Crippen LogP contribution in [0.2, 0.25) is 0 Å². The lowest BCUT2D eigenvalue weighted by molar-refractivity contribution is -0.118. The summed E-state index contributed by atoms with van der Waals surface area (Å²) in [6.45, 7) is 4.33. The maximum absolute atomic E-state index is 11.2. The van der Waals surface area contributed by atoms with Crippen LogP contribution in [0, 0.1) is 17.3 Å². The first kappa shape index (κ1) is 6.84. The predicted molar refractivity (Wildman–Crippen MR) is 44.0 cm³/mol. The minimum Gasteiger partial charge on any atom is -0.294 e. The zero-order valence-electron chi connectivity index (χ0n) is 6.87. The lowest BCUT2D eigenvalue weighted by Crippen LogP contribution is -2.37. The zero-order valence-corrected chi connectivity index (χ0v) is 6.87. The van der Waals surface area contributed by atoms with E-state index in [0.717, 1.165) is 0 Å². The highest BCUT2D eigenvalue weighted by molar-refractivity contribution is 5.98. The highest BCUT2D eigenvalue weighted by atomic mass is 16.1. The van der Waals surface area contributed by atoms with Gasteiger partial charge in [0.25, 0.3) is 0 Å². The van der Waals surface area contributed by atoms with Gasteiger partial charge in [0.05, 0.1) is 5.92 Å². The quantitative estimate of drug-likeness (QED) is 0.519.